The number of nitrogens with zero attached hydrogens (tertiary/aromatic N) is 2. The first kappa shape index (κ1) is 20.8. The van der Waals surface area contributed by atoms with Gasteiger partial charge in [-0.15, -0.1) is 0 Å². The zero-order valence-corrected chi connectivity index (χ0v) is 16.9. The SMILES string of the molecule is O=C(C[C@H]1CC[C@H]2[C@@H](COC[C@@H](O)CN2Cc2ccccc2)O1)N1CCOCC1. The van der Waals surface area contributed by atoms with Gasteiger partial charge in [-0.1, -0.05) is 30.3 Å². The Hall–Kier alpha value is -1.51. The van der Waals surface area contributed by atoms with Crippen LogP contribution in [0.3, 0.4) is 0 Å². The van der Waals surface area contributed by atoms with Gasteiger partial charge in [-0.3, -0.25) is 9.69 Å². The molecule has 0 radical (unpaired) electrons. The molecule has 3 saturated heterocycles. The normalized spacial score (nSPS) is 31.6. The van der Waals surface area contributed by atoms with Crippen LogP contribution in [0.4, 0.5) is 0 Å². The third kappa shape index (κ3) is 5.55. The molecule has 0 aliphatic carbocycles. The van der Waals surface area contributed by atoms with Gasteiger partial charge in [-0.2, -0.15) is 0 Å². The molecule has 1 aromatic carbocycles. The monoisotopic (exact) mass is 404 g/mol. The maximum Gasteiger partial charge on any atom is 0.225 e. The van der Waals surface area contributed by atoms with Crippen LogP contribution in [0.15, 0.2) is 30.3 Å². The number of aliphatic hydroxyl groups is 1. The van der Waals surface area contributed by atoms with E-state index in [1.165, 1.54) is 5.56 Å². The lowest BCUT2D eigenvalue weighted by Gasteiger charge is -2.44. The van der Waals surface area contributed by atoms with E-state index in [-0.39, 0.29) is 24.2 Å². The first-order valence-electron chi connectivity index (χ1n) is 10.7. The van der Waals surface area contributed by atoms with Crippen LogP contribution >= 0.6 is 0 Å². The number of carbonyl (C=O) groups is 1. The minimum absolute atomic E-state index is 0.0712. The summed E-state index contributed by atoms with van der Waals surface area (Å²) in [6.45, 7) is 4.69. The van der Waals surface area contributed by atoms with E-state index < -0.39 is 6.10 Å². The van der Waals surface area contributed by atoms with E-state index in [4.69, 9.17) is 14.2 Å². The lowest BCUT2D eigenvalue weighted by molar-refractivity contribution is -0.162. The van der Waals surface area contributed by atoms with Crippen molar-refractivity contribution in [1.82, 2.24) is 9.80 Å². The van der Waals surface area contributed by atoms with Gasteiger partial charge in [0, 0.05) is 32.2 Å². The molecule has 4 rings (SSSR count). The predicted octanol–water partition coefficient (Wildman–Crippen LogP) is 1.04. The summed E-state index contributed by atoms with van der Waals surface area (Å²) in [4.78, 5) is 16.8. The molecule has 0 aromatic heterocycles. The maximum absolute atomic E-state index is 12.6. The molecule has 1 N–H and O–H groups in total. The molecule has 0 spiro atoms. The third-order valence-electron chi connectivity index (χ3n) is 6.08. The molecule has 7 nitrogen and oxygen atoms in total. The standard InChI is InChI=1S/C22H32N2O5/c25-18-14-24(13-17-4-2-1-3-5-17)20-7-6-19(29-21(20)16-28-15-18)12-22(26)23-8-10-27-11-9-23/h1-5,18-21,25H,6-16H2/t18-,19+,20-,21+/m0/s1. The topological polar surface area (TPSA) is 71.5 Å². The number of fused-ring (bicyclic) bond motifs is 1. The first-order chi connectivity index (χ1) is 14.2. The molecule has 3 aliphatic rings. The van der Waals surface area contributed by atoms with Crippen molar-refractivity contribution in [3.63, 3.8) is 0 Å². The van der Waals surface area contributed by atoms with Crippen LogP contribution in [0, 0.1) is 0 Å². The number of ether oxygens (including phenoxy) is 3. The largest absolute Gasteiger partial charge is 0.389 e. The summed E-state index contributed by atoms with van der Waals surface area (Å²) < 4.78 is 17.4. The van der Waals surface area contributed by atoms with Crippen molar-refractivity contribution in [1.29, 1.82) is 0 Å². The van der Waals surface area contributed by atoms with E-state index in [9.17, 15) is 9.90 Å². The zero-order valence-electron chi connectivity index (χ0n) is 16.9. The first-order valence-corrected chi connectivity index (χ1v) is 10.7. The Labute approximate surface area is 172 Å². The maximum atomic E-state index is 12.6. The Bertz CT molecular complexity index is 652. The number of aliphatic hydroxyl groups excluding tert-OH is 1. The molecule has 7 heteroatoms. The Morgan fingerprint density at radius 3 is 2.66 bits per heavy atom. The Kier molecular flexibility index (Phi) is 7.15. The molecule has 0 unspecified atom stereocenters. The molecule has 0 saturated carbocycles. The highest BCUT2D eigenvalue weighted by molar-refractivity contribution is 5.76. The third-order valence-corrected chi connectivity index (χ3v) is 6.08. The number of carbonyl (C=O) groups excluding carboxylic acids is 1. The molecule has 160 valence electrons. The highest BCUT2D eigenvalue weighted by Crippen LogP contribution is 2.29. The van der Waals surface area contributed by atoms with Crippen LogP contribution in [0.1, 0.15) is 24.8 Å². The fraction of sp³-hybridized carbons (Fsp3) is 0.682. The molecule has 4 atom stereocenters. The quantitative estimate of drug-likeness (QED) is 0.809. The molecule has 1 amide bonds. The van der Waals surface area contributed by atoms with Gasteiger partial charge >= 0.3 is 0 Å². The minimum atomic E-state index is -0.500. The minimum Gasteiger partial charge on any atom is -0.389 e. The van der Waals surface area contributed by atoms with E-state index in [1.54, 1.807) is 0 Å². The number of amides is 1. The number of rotatable bonds is 4. The summed E-state index contributed by atoms with van der Waals surface area (Å²) in [5.74, 6) is 0.153. The lowest BCUT2D eigenvalue weighted by atomic mass is 9.94. The van der Waals surface area contributed by atoms with E-state index in [0.717, 1.165) is 19.4 Å². The van der Waals surface area contributed by atoms with Gasteiger partial charge in [0.2, 0.25) is 5.91 Å². The zero-order chi connectivity index (χ0) is 20.1. The van der Waals surface area contributed by atoms with Crippen molar-refractivity contribution in [2.45, 2.75) is 50.2 Å². The Morgan fingerprint density at radius 2 is 1.86 bits per heavy atom. The van der Waals surface area contributed by atoms with Crippen molar-refractivity contribution in [2.24, 2.45) is 0 Å². The molecule has 1 aromatic rings. The fourth-order valence-corrected chi connectivity index (χ4v) is 4.58. The second kappa shape index (κ2) is 10.00. The second-order valence-corrected chi connectivity index (χ2v) is 8.24. The smallest absolute Gasteiger partial charge is 0.225 e. The molecular weight excluding hydrogens is 372 g/mol. The molecule has 3 heterocycles. The number of benzene rings is 1. The summed E-state index contributed by atoms with van der Waals surface area (Å²) in [6, 6.07) is 10.5. The number of β-amino-alcohol motifs (C(OH)–C–C–N with tert-alkyl or cyclic N) is 1. The molecule has 3 fully saturated rings. The van der Waals surface area contributed by atoms with Gasteiger partial charge in [0.25, 0.3) is 0 Å². The van der Waals surface area contributed by atoms with Crippen molar-refractivity contribution >= 4 is 5.91 Å². The van der Waals surface area contributed by atoms with Crippen LogP contribution in [0.25, 0.3) is 0 Å². The van der Waals surface area contributed by atoms with Gasteiger partial charge in [0.15, 0.2) is 0 Å². The summed E-state index contributed by atoms with van der Waals surface area (Å²) in [7, 11) is 0. The number of hydrogen-bond acceptors (Lipinski definition) is 6. The summed E-state index contributed by atoms with van der Waals surface area (Å²) in [5, 5.41) is 10.3. The summed E-state index contributed by atoms with van der Waals surface area (Å²) in [6.07, 6.45) is 1.55. The van der Waals surface area contributed by atoms with E-state index in [2.05, 4.69) is 17.0 Å². The van der Waals surface area contributed by atoms with E-state index >= 15 is 0 Å². The lowest BCUT2D eigenvalue weighted by Crippen LogP contribution is -2.55. The van der Waals surface area contributed by atoms with Crippen LogP contribution in [-0.4, -0.2) is 91.2 Å². The van der Waals surface area contributed by atoms with Gasteiger partial charge in [-0.25, -0.2) is 0 Å². The van der Waals surface area contributed by atoms with E-state index in [0.29, 0.717) is 52.5 Å². The molecule has 29 heavy (non-hydrogen) atoms. The molecule has 3 aliphatic heterocycles. The van der Waals surface area contributed by atoms with Gasteiger partial charge in [0.05, 0.1) is 51.2 Å². The fourth-order valence-electron chi connectivity index (χ4n) is 4.58. The van der Waals surface area contributed by atoms with Crippen molar-refractivity contribution in [2.75, 3.05) is 46.1 Å². The highest BCUT2D eigenvalue weighted by atomic mass is 16.5. The van der Waals surface area contributed by atoms with Crippen molar-refractivity contribution in [3.05, 3.63) is 35.9 Å². The molecular formula is C22H32N2O5. The van der Waals surface area contributed by atoms with Crippen molar-refractivity contribution < 1.29 is 24.1 Å². The highest BCUT2D eigenvalue weighted by Gasteiger charge is 2.38. The van der Waals surface area contributed by atoms with Crippen LogP contribution in [-0.2, 0) is 25.5 Å². The summed E-state index contributed by atoms with van der Waals surface area (Å²) in [5.41, 5.74) is 1.23. The molecule has 0 bridgehead atoms. The predicted molar refractivity (Wildman–Crippen MR) is 107 cm³/mol. The van der Waals surface area contributed by atoms with Gasteiger partial charge < -0.3 is 24.2 Å². The van der Waals surface area contributed by atoms with Crippen molar-refractivity contribution in [3.8, 4) is 0 Å². The van der Waals surface area contributed by atoms with E-state index in [1.807, 2.05) is 23.1 Å². The second-order valence-electron chi connectivity index (χ2n) is 8.24. The number of hydrogen-bond donors (Lipinski definition) is 1. The Balaban J connectivity index is 1.39. The van der Waals surface area contributed by atoms with Crippen LogP contribution < -0.4 is 0 Å². The van der Waals surface area contributed by atoms with Gasteiger partial charge in [0.1, 0.15) is 0 Å². The van der Waals surface area contributed by atoms with Gasteiger partial charge in [-0.05, 0) is 18.4 Å². The number of morpholine rings is 1. The average molecular weight is 405 g/mol. The van der Waals surface area contributed by atoms with Crippen LogP contribution in [0.2, 0.25) is 0 Å². The van der Waals surface area contributed by atoms with Crippen LogP contribution in [0.5, 0.6) is 0 Å². The average Bonchev–Trinajstić information content (AvgIpc) is 2.74. The summed E-state index contributed by atoms with van der Waals surface area (Å²) >= 11 is 0. The Morgan fingerprint density at radius 1 is 1.07 bits per heavy atom.